The van der Waals surface area contributed by atoms with E-state index in [1.54, 1.807) is 12.5 Å². The van der Waals surface area contributed by atoms with E-state index in [4.69, 9.17) is 4.42 Å². The van der Waals surface area contributed by atoms with Crippen molar-refractivity contribution in [3.05, 3.63) is 60.3 Å². The van der Waals surface area contributed by atoms with Crippen LogP contribution in [0.15, 0.2) is 53.5 Å². The maximum Gasteiger partial charge on any atom is 0.0947 e. The first-order valence-electron chi connectivity index (χ1n) is 5.84. The van der Waals surface area contributed by atoms with Crippen LogP contribution in [-0.4, -0.2) is 9.97 Å². The molecule has 0 atom stereocenters. The third-order valence-electron chi connectivity index (χ3n) is 2.71. The van der Waals surface area contributed by atoms with Gasteiger partial charge in [-0.2, -0.15) is 0 Å². The van der Waals surface area contributed by atoms with Crippen LogP contribution in [0, 0.1) is 0 Å². The standard InChI is InChI=1S/C14H13N3O/c1-2-4-14-13(3-1)16-9-12(17-14)8-15-7-11-5-6-18-10-11/h1-6,9-10,15H,7-8H2. The molecule has 0 aliphatic rings. The first-order valence-corrected chi connectivity index (χ1v) is 5.84. The van der Waals surface area contributed by atoms with Gasteiger partial charge >= 0.3 is 0 Å². The van der Waals surface area contributed by atoms with Gasteiger partial charge in [0.15, 0.2) is 0 Å². The lowest BCUT2D eigenvalue weighted by Gasteiger charge is -2.03. The second-order valence-electron chi connectivity index (χ2n) is 4.09. The fourth-order valence-corrected chi connectivity index (χ4v) is 1.81. The monoisotopic (exact) mass is 239 g/mol. The van der Waals surface area contributed by atoms with Crippen molar-refractivity contribution in [2.45, 2.75) is 13.1 Å². The summed E-state index contributed by atoms with van der Waals surface area (Å²) in [4.78, 5) is 8.92. The summed E-state index contributed by atoms with van der Waals surface area (Å²) >= 11 is 0. The highest BCUT2D eigenvalue weighted by Gasteiger charge is 1.99. The molecule has 2 aromatic heterocycles. The fraction of sp³-hybridized carbons (Fsp3) is 0.143. The zero-order valence-electron chi connectivity index (χ0n) is 9.84. The Morgan fingerprint density at radius 3 is 2.78 bits per heavy atom. The van der Waals surface area contributed by atoms with Crippen molar-refractivity contribution in [1.82, 2.24) is 15.3 Å². The summed E-state index contributed by atoms with van der Waals surface area (Å²) in [6.07, 6.45) is 5.22. The number of nitrogens with one attached hydrogen (secondary N) is 1. The summed E-state index contributed by atoms with van der Waals surface area (Å²) in [5.41, 5.74) is 3.93. The first kappa shape index (κ1) is 10.9. The average molecular weight is 239 g/mol. The number of hydrogen-bond acceptors (Lipinski definition) is 4. The highest BCUT2D eigenvalue weighted by Crippen LogP contribution is 2.08. The molecule has 0 spiro atoms. The van der Waals surface area contributed by atoms with Gasteiger partial charge in [-0.3, -0.25) is 4.98 Å². The van der Waals surface area contributed by atoms with Crippen molar-refractivity contribution in [2.75, 3.05) is 0 Å². The van der Waals surface area contributed by atoms with Crippen LogP contribution in [0.5, 0.6) is 0 Å². The van der Waals surface area contributed by atoms with Crippen LogP contribution in [0.3, 0.4) is 0 Å². The zero-order valence-corrected chi connectivity index (χ0v) is 9.84. The molecule has 1 N–H and O–H groups in total. The summed E-state index contributed by atoms with van der Waals surface area (Å²) in [7, 11) is 0. The van der Waals surface area contributed by atoms with Gasteiger partial charge < -0.3 is 9.73 Å². The van der Waals surface area contributed by atoms with Gasteiger partial charge in [0, 0.05) is 18.7 Å². The molecular formula is C14H13N3O. The molecule has 0 bridgehead atoms. The van der Waals surface area contributed by atoms with Crippen molar-refractivity contribution in [3.8, 4) is 0 Å². The van der Waals surface area contributed by atoms with Crippen molar-refractivity contribution < 1.29 is 4.42 Å². The molecule has 18 heavy (non-hydrogen) atoms. The lowest BCUT2D eigenvalue weighted by molar-refractivity contribution is 0.560. The number of furan rings is 1. The predicted molar refractivity (Wildman–Crippen MR) is 68.8 cm³/mol. The van der Waals surface area contributed by atoms with E-state index in [1.807, 2.05) is 36.5 Å². The van der Waals surface area contributed by atoms with Crippen LogP contribution >= 0.6 is 0 Å². The molecule has 0 unspecified atom stereocenters. The molecule has 0 saturated carbocycles. The van der Waals surface area contributed by atoms with E-state index >= 15 is 0 Å². The Balaban J connectivity index is 1.67. The van der Waals surface area contributed by atoms with Gasteiger partial charge in [-0.15, -0.1) is 0 Å². The van der Waals surface area contributed by atoms with Gasteiger partial charge in [-0.25, -0.2) is 4.98 Å². The number of benzene rings is 1. The molecular weight excluding hydrogens is 226 g/mol. The van der Waals surface area contributed by atoms with Gasteiger partial charge in [-0.05, 0) is 18.2 Å². The molecule has 0 aliphatic heterocycles. The van der Waals surface area contributed by atoms with E-state index in [2.05, 4.69) is 15.3 Å². The van der Waals surface area contributed by atoms with Crippen molar-refractivity contribution in [3.63, 3.8) is 0 Å². The van der Waals surface area contributed by atoms with Crippen LogP contribution < -0.4 is 5.32 Å². The van der Waals surface area contributed by atoms with E-state index in [-0.39, 0.29) is 0 Å². The Bertz CT molecular complexity index is 634. The molecule has 4 heteroatoms. The minimum absolute atomic E-state index is 0.697. The molecule has 1 aromatic carbocycles. The van der Waals surface area contributed by atoms with Gasteiger partial charge in [0.2, 0.25) is 0 Å². The summed E-state index contributed by atoms with van der Waals surface area (Å²) < 4.78 is 5.01. The SMILES string of the molecule is c1ccc2nc(CNCc3ccoc3)cnc2c1. The van der Waals surface area contributed by atoms with E-state index in [1.165, 1.54) is 0 Å². The largest absolute Gasteiger partial charge is 0.472 e. The lowest BCUT2D eigenvalue weighted by atomic mass is 10.3. The van der Waals surface area contributed by atoms with Crippen LogP contribution in [0.2, 0.25) is 0 Å². The molecule has 0 radical (unpaired) electrons. The minimum atomic E-state index is 0.697. The molecule has 2 heterocycles. The topological polar surface area (TPSA) is 51.0 Å². The molecule has 0 fully saturated rings. The Morgan fingerprint density at radius 2 is 1.94 bits per heavy atom. The zero-order chi connectivity index (χ0) is 12.2. The maximum atomic E-state index is 5.01. The first-order chi connectivity index (χ1) is 8.92. The maximum absolute atomic E-state index is 5.01. The highest BCUT2D eigenvalue weighted by molar-refractivity contribution is 5.73. The molecule has 0 amide bonds. The molecule has 90 valence electrons. The van der Waals surface area contributed by atoms with Crippen molar-refractivity contribution in [2.24, 2.45) is 0 Å². The van der Waals surface area contributed by atoms with Crippen LogP contribution in [-0.2, 0) is 13.1 Å². The average Bonchev–Trinajstić information content (AvgIpc) is 2.92. The van der Waals surface area contributed by atoms with Gasteiger partial charge in [-0.1, -0.05) is 12.1 Å². The molecule has 3 rings (SSSR count). The van der Waals surface area contributed by atoms with Crippen LogP contribution in [0.25, 0.3) is 11.0 Å². The van der Waals surface area contributed by atoms with Crippen LogP contribution in [0.4, 0.5) is 0 Å². The predicted octanol–water partition coefficient (Wildman–Crippen LogP) is 2.51. The molecule has 0 aliphatic carbocycles. The van der Waals surface area contributed by atoms with E-state index in [9.17, 15) is 0 Å². The van der Waals surface area contributed by atoms with E-state index < -0.39 is 0 Å². The van der Waals surface area contributed by atoms with Crippen molar-refractivity contribution >= 4 is 11.0 Å². The molecule has 4 nitrogen and oxygen atoms in total. The minimum Gasteiger partial charge on any atom is -0.472 e. The quantitative estimate of drug-likeness (QED) is 0.760. The summed E-state index contributed by atoms with van der Waals surface area (Å²) in [5.74, 6) is 0. The number of aromatic nitrogens is 2. The second-order valence-corrected chi connectivity index (χ2v) is 4.09. The Kier molecular flexibility index (Phi) is 3.02. The van der Waals surface area contributed by atoms with Crippen molar-refractivity contribution in [1.29, 1.82) is 0 Å². The third-order valence-corrected chi connectivity index (χ3v) is 2.71. The fourth-order valence-electron chi connectivity index (χ4n) is 1.81. The molecule has 0 saturated heterocycles. The number of rotatable bonds is 4. The van der Waals surface area contributed by atoms with E-state index in [0.29, 0.717) is 6.54 Å². The number of hydrogen-bond donors (Lipinski definition) is 1. The number of fused-ring (bicyclic) bond motifs is 1. The van der Waals surface area contributed by atoms with E-state index in [0.717, 1.165) is 28.8 Å². The lowest BCUT2D eigenvalue weighted by Crippen LogP contribution is -2.13. The van der Waals surface area contributed by atoms with Gasteiger partial charge in [0.1, 0.15) is 0 Å². The van der Waals surface area contributed by atoms with Crippen LogP contribution in [0.1, 0.15) is 11.3 Å². The number of nitrogens with zero attached hydrogens (tertiary/aromatic N) is 2. The highest BCUT2D eigenvalue weighted by atomic mass is 16.3. The summed E-state index contributed by atoms with van der Waals surface area (Å²) in [6, 6.07) is 9.82. The number of para-hydroxylation sites is 2. The summed E-state index contributed by atoms with van der Waals surface area (Å²) in [6.45, 7) is 1.47. The Hall–Kier alpha value is -2.20. The van der Waals surface area contributed by atoms with Gasteiger partial charge in [0.25, 0.3) is 0 Å². The normalized spacial score (nSPS) is 10.9. The Morgan fingerprint density at radius 1 is 1.06 bits per heavy atom. The van der Waals surface area contributed by atoms with Gasteiger partial charge in [0.05, 0.1) is 35.5 Å². The Labute approximate surface area is 105 Å². The second kappa shape index (κ2) is 4.98. The smallest absolute Gasteiger partial charge is 0.0947 e. The third kappa shape index (κ3) is 2.38. The summed E-state index contributed by atoms with van der Waals surface area (Å²) in [5, 5.41) is 3.31. The molecule has 3 aromatic rings.